The fourth-order valence-corrected chi connectivity index (χ4v) is 3.64. The molecule has 1 aromatic carbocycles. The minimum absolute atomic E-state index is 0.0178. The summed E-state index contributed by atoms with van der Waals surface area (Å²) in [6.45, 7) is 3.72. The molecule has 1 amide bonds. The molecule has 0 bridgehead atoms. The molecule has 2 aliphatic rings. The summed E-state index contributed by atoms with van der Waals surface area (Å²) in [6, 6.07) is 4.08. The second kappa shape index (κ2) is 6.55. The lowest BCUT2D eigenvalue weighted by Gasteiger charge is -2.24. The SMILES string of the molecule is Cc1cc2cnn(C3CCCCO3)c2cc1O[C@H]1CCN(C(=O)O)C1. The summed E-state index contributed by atoms with van der Waals surface area (Å²) in [5.74, 6) is 0.794. The molecule has 134 valence electrons. The van der Waals surface area contributed by atoms with Crippen molar-refractivity contribution in [2.24, 2.45) is 0 Å². The van der Waals surface area contributed by atoms with Gasteiger partial charge >= 0.3 is 6.09 Å². The van der Waals surface area contributed by atoms with Crippen molar-refractivity contribution in [3.8, 4) is 5.75 Å². The van der Waals surface area contributed by atoms with E-state index in [1.54, 1.807) is 0 Å². The Morgan fingerprint density at radius 3 is 2.96 bits per heavy atom. The highest BCUT2D eigenvalue weighted by Crippen LogP contribution is 2.31. The Hall–Kier alpha value is -2.28. The molecule has 0 aliphatic carbocycles. The van der Waals surface area contributed by atoms with Crippen LogP contribution in [0.4, 0.5) is 4.79 Å². The predicted octanol–water partition coefficient (Wildman–Crippen LogP) is 3.17. The number of aromatic nitrogens is 2. The number of hydrogen-bond acceptors (Lipinski definition) is 4. The van der Waals surface area contributed by atoms with Gasteiger partial charge in [0, 0.05) is 31.0 Å². The van der Waals surface area contributed by atoms with E-state index in [1.165, 1.54) is 4.90 Å². The average molecular weight is 345 g/mol. The quantitative estimate of drug-likeness (QED) is 0.924. The number of ether oxygens (including phenoxy) is 2. The van der Waals surface area contributed by atoms with Gasteiger partial charge in [0.05, 0.1) is 18.3 Å². The molecule has 2 aromatic rings. The van der Waals surface area contributed by atoms with Crippen LogP contribution in [0.25, 0.3) is 10.9 Å². The summed E-state index contributed by atoms with van der Waals surface area (Å²) in [4.78, 5) is 12.5. The van der Waals surface area contributed by atoms with Crippen molar-refractivity contribution < 1.29 is 19.4 Å². The lowest BCUT2D eigenvalue weighted by atomic mass is 10.1. The first-order chi connectivity index (χ1) is 12.1. The van der Waals surface area contributed by atoms with E-state index >= 15 is 0 Å². The van der Waals surface area contributed by atoms with E-state index in [1.807, 2.05) is 23.9 Å². The molecule has 7 heteroatoms. The molecule has 25 heavy (non-hydrogen) atoms. The molecule has 1 unspecified atom stereocenters. The molecule has 0 saturated carbocycles. The minimum Gasteiger partial charge on any atom is -0.488 e. The van der Waals surface area contributed by atoms with Gasteiger partial charge in [-0.2, -0.15) is 5.10 Å². The number of rotatable bonds is 3. The number of nitrogens with zero attached hydrogens (tertiary/aromatic N) is 3. The van der Waals surface area contributed by atoms with Gasteiger partial charge in [0.15, 0.2) is 6.23 Å². The van der Waals surface area contributed by atoms with E-state index in [4.69, 9.17) is 14.6 Å². The Morgan fingerprint density at radius 2 is 2.24 bits per heavy atom. The number of benzene rings is 1. The van der Waals surface area contributed by atoms with Crippen molar-refractivity contribution in [2.75, 3.05) is 19.7 Å². The van der Waals surface area contributed by atoms with Crippen molar-refractivity contribution in [3.05, 3.63) is 23.9 Å². The Morgan fingerprint density at radius 1 is 1.36 bits per heavy atom. The van der Waals surface area contributed by atoms with Crippen molar-refractivity contribution in [1.29, 1.82) is 0 Å². The number of carbonyl (C=O) groups is 1. The van der Waals surface area contributed by atoms with Gasteiger partial charge in [0.1, 0.15) is 11.9 Å². The van der Waals surface area contributed by atoms with Gasteiger partial charge < -0.3 is 19.5 Å². The zero-order chi connectivity index (χ0) is 17.4. The molecule has 0 spiro atoms. The van der Waals surface area contributed by atoms with Crippen molar-refractivity contribution in [1.82, 2.24) is 14.7 Å². The van der Waals surface area contributed by atoms with Gasteiger partial charge in [0.25, 0.3) is 0 Å². The third-order valence-electron chi connectivity index (χ3n) is 5.03. The maximum Gasteiger partial charge on any atom is 0.407 e. The summed E-state index contributed by atoms with van der Waals surface area (Å²) in [6.07, 6.45) is 4.80. The number of hydrogen-bond donors (Lipinski definition) is 1. The van der Waals surface area contributed by atoms with E-state index in [2.05, 4.69) is 11.2 Å². The van der Waals surface area contributed by atoms with Crippen LogP contribution in [0.1, 0.15) is 37.5 Å². The number of amides is 1. The minimum atomic E-state index is -0.884. The highest BCUT2D eigenvalue weighted by atomic mass is 16.5. The summed E-state index contributed by atoms with van der Waals surface area (Å²) < 4.78 is 13.9. The van der Waals surface area contributed by atoms with Gasteiger partial charge in [-0.3, -0.25) is 0 Å². The van der Waals surface area contributed by atoms with E-state index in [-0.39, 0.29) is 12.3 Å². The highest BCUT2D eigenvalue weighted by Gasteiger charge is 2.28. The topological polar surface area (TPSA) is 76.8 Å². The van der Waals surface area contributed by atoms with Crippen LogP contribution in [-0.4, -0.2) is 51.7 Å². The smallest absolute Gasteiger partial charge is 0.407 e. The fourth-order valence-electron chi connectivity index (χ4n) is 3.64. The van der Waals surface area contributed by atoms with Gasteiger partial charge in [-0.25, -0.2) is 9.48 Å². The maximum absolute atomic E-state index is 11.1. The van der Waals surface area contributed by atoms with Gasteiger partial charge in [-0.15, -0.1) is 0 Å². The molecule has 2 aliphatic heterocycles. The Balaban J connectivity index is 1.58. The average Bonchev–Trinajstić information content (AvgIpc) is 3.23. The van der Waals surface area contributed by atoms with Crippen LogP contribution >= 0.6 is 0 Å². The van der Waals surface area contributed by atoms with E-state index in [0.29, 0.717) is 13.1 Å². The molecule has 4 rings (SSSR count). The first kappa shape index (κ1) is 16.2. The molecule has 2 fully saturated rings. The summed E-state index contributed by atoms with van der Waals surface area (Å²) in [5.41, 5.74) is 2.03. The first-order valence-corrected chi connectivity index (χ1v) is 8.86. The number of fused-ring (bicyclic) bond motifs is 1. The number of aryl methyl sites for hydroxylation is 1. The fraction of sp³-hybridized carbons (Fsp3) is 0.556. The van der Waals surface area contributed by atoms with Gasteiger partial charge in [0.2, 0.25) is 0 Å². The van der Waals surface area contributed by atoms with Crippen LogP contribution in [0.15, 0.2) is 18.3 Å². The molecule has 1 N–H and O–H groups in total. The third-order valence-corrected chi connectivity index (χ3v) is 5.03. The van der Waals surface area contributed by atoms with Crippen LogP contribution in [0, 0.1) is 6.92 Å². The molecule has 7 nitrogen and oxygen atoms in total. The van der Waals surface area contributed by atoms with E-state index < -0.39 is 6.09 Å². The van der Waals surface area contributed by atoms with Gasteiger partial charge in [-0.1, -0.05) is 0 Å². The molecule has 3 heterocycles. The van der Waals surface area contributed by atoms with Crippen LogP contribution in [0.3, 0.4) is 0 Å². The van der Waals surface area contributed by atoms with Crippen molar-refractivity contribution in [3.63, 3.8) is 0 Å². The Bertz CT molecular complexity index is 782. The summed E-state index contributed by atoms with van der Waals surface area (Å²) in [5, 5.41) is 14.7. The second-order valence-electron chi connectivity index (χ2n) is 6.84. The predicted molar refractivity (Wildman–Crippen MR) is 91.9 cm³/mol. The van der Waals surface area contributed by atoms with Crippen molar-refractivity contribution >= 4 is 17.0 Å². The number of carboxylic acid groups (broad SMARTS) is 1. The lowest BCUT2D eigenvalue weighted by Crippen LogP contribution is -2.29. The largest absolute Gasteiger partial charge is 0.488 e. The molecule has 0 radical (unpaired) electrons. The third kappa shape index (κ3) is 3.16. The zero-order valence-electron chi connectivity index (χ0n) is 14.4. The van der Waals surface area contributed by atoms with Crippen molar-refractivity contribution in [2.45, 2.75) is 44.9 Å². The molecular weight excluding hydrogens is 322 g/mol. The van der Waals surface area contributed by atoms with Crippen LogP contribution < -0.4 is 4.74 Å². The normalized spacial score (nSPS) is 24.0. The standard InChI is InChI=1S/C18H23N3O4/c1-12-8-13-10-19-21(17-4-2-3-7-24-17)15(13)9-16(12)25-14-5-6-20(11-14)18(22)23/h8-10,14,17H,2-7,11H2,1H3,(H,22,23)/t14-,17?/m0/s1. The van der Waals surface area contributed by atoms with Crippen LogP contribution in [-0.2, 0) is 4.74 Å². The van der Waals surface area contributed by atoms with Crippen LogP contribution in [0.2, 0.25) is 0 Å². The summed E-state index contributed by atoms with van der Waals surface area (Å²) in [7, 11) is 0. The Kier molecular flexibility index (Phi) is 4.25. The highest BCUT2D eigenvalue weighted by molar-refractivity contribution is 5.81. The monoisotopic (exact) mass is 345 g/mol. The summed E-state index contributed by atoms with van der Waals surface area (Å²) >= 11 is 0. The lowest BCUT2D eigenvalue weighted by molar-refractivity contribution is -0.0366. The van der Waals surface area contributed by atoms with Gasteiger partial charge in [-0.05, 0) is 37.8 Å². The van der Waals surface area contributed by atoms with E-state index in [9.17, 15) is 4.79 Å². The molecular formula is C18H23N3O4. The zero-order valence-corrected chi connectivity index (χ0v) is 14.4. The molecule has 1 aromatic heterocycles. The van der Waals surface area contributed by atoms with Crippen LogP contribution in [0.5, 0.6) is 5.75 Å². The van der Waals surface area contributed by atoms with E-state index in [0.717, 1.165) is 54.5 Å². The molecule has 2 saturated heterocycles. The molecule has 2 atom stereocenters. The number of likely N-dealkylation sites (tertiary alicyclic amines) is 1. The maximum atomic E-state index is 11.1. The second-order valence-corrected chi connectivity index (χ2v) is 6.84. The first-order valence-electron chi connectivity index (χ1n) is 8.86. The Labute approximate surface area is 146 Å².